The summed E-state index contributed by atoms with van der Waals surface area (Å²) in [5.74, 6) is 0. The monoisotopic (exact) mass is 113 g/mol. The molecule has 1 aliphatic rings. The zero-order valence-corrected chi connectivity index (χ0v) is 5.85. The van der Waals surface area contributed by atoms with Crippen molar-refractivity contribution >= 4 is 0 Å². The van der Waals surface area contributed by atoms with E-state index in [2.05, 4.69) is 18.9 Å². The van der Waals surface area contributed by atoms with Gasteiger partial charge in [0.05, 0.1) is 0 Å². The van der Waals surface area contributed by atoms with Crippen LogP contribution < -0.4 is 0 Å². The van der Waals surface area contributed by atoms with E-state index in [-0.39, 0.29) is 0 Å². The Morgan fingerprint density at radius 3 is 2.50 bits per heavy atom. The quantitative estimate of drug-likeness (QED) is 0.460. The summed E-state index contributed by atoms with van der Waals surface area (Å²) in [7, 11) is 2.21. The third kappa shape index (κ3) is 1.22. The predicted octanol–water partition coefficient (Wildman–Crippen LogP) is 1.49. The van der Waals surface area contributed by atoms with Gasteiger partial charge in [-0.05, 0) is 33.4 Å². The zero-order valence-electron chi connectivity index (χ0n) is 5.85. The second kappa shape index (κ2) is 2.49. The average Bonchev–Trinajstić information content (AvgIpc) is 1.77. The fraction of sp³-hybridized carbons (Fsp3) is 1.00. The summed E-state index contributed by atoms with van der Waals surface area (Å²) in [5.41, 5.74) is 0. The van der Waals surface area contributed by atoms with Crippen LogP contribution >= 0.6 is 0 Å². The van der Waals surface area contributed by atoms with Crippen molar-refractivity contribution in [2.75, 3.05) is 13.6 Å². The summed E-state index contributed by atoms with van der Waals surface area (Å²) in [4.78, 5) is 2.43. The van der Waals surface area contributed by atoms with Gasteiger partial charge in [0, 0.05) is 6.04 Å². The molecule has 0 aromatic carbocycles. The molecular weight excluding hydrogens is 98.1 g/mol. The molecular formula is C7H15N. The Bertz CT molecular complexity index is 60.8. The molecule has 1 nitrogen and oxygen atoms in total. The molecule has 0 aromatic rings. The van der Waals surface area contributed by atoms with Gasteiger partial charge >= 0.3 is 0 Å². The van der Waals surface area contributed by atoms with Crippen LogP contribution in [-0.4, -0.2) is 24.5 Å². The molecule has 1 heteroatoms. The molecule has 0 radical (unpaired) electrons. The smallest absolute Gasteiger partial charge is 0.00638 e. The number of rotatable bonds is 0. The Balaban J connectivity index is 2.28. The maximum atomic E-state index is 2.43. The van der Waals surface area contributed by atoms with E-state index in [1.807, 2.05) is 0 Å². The maximum absolute atomic E-state index is 2.43. The van der Waals surface area contributed by atoms with Crippen molar-refractivity contribution in [1.29, 1.82) is 0 Å². The summed E-state index contributed by atoms with van der Waals surface area (Å²) in [5, 5.41) is 0. The second-order valence-electron chi connectivity index (χ2n) is 2.83. The van der Waals surface area contributed by atoms with Gasteiger partial charge in [0.25, 0.3) is 0 Å². The molecule has 1 aliphatic heterocycles. The molecule has 0 aliphatic carbocycles. The summed E-state index contributed by atoms with van der Waals surface area (Å²) in [6, 6.07) is 0.837. The lowest BCUT2D eigenvalue weighted by Crippen LogP contribution is -2.33. The van der Waals surface area contributed by atoms with Gasteiger partial charge in [0.2, 0.25) is 0 Å². The van der Waals surface area contributed by atoms with E-state index in [0.29, 0.717) is 0 Å². The largest absolute Gasteiger partial charge is 0.304 e. The fourth-order valence-corrected chi connectivity index (χ4v) is 1.24. The fourth-order valence-electron chi connectivity index (χ4n) is 1.24. The summed E-state index contributed by atoms with van der Waals surface area (Å²) in [6.45, 7) is 3.61. The van der Waals surface area contributed by atoms with E-state index in [1.54, 1.807) is 0 Å². The lowest BCUT2D eigenvalue weighted by molar-refractivity contribution is 0.200. The van der Waals surface area contributed by atoms with E-state index in [9.17, 15) is 0 Å². The third-order valence-corrected chi connectivity index (χ3v) is 2.14. The maximum Gasteiger partial charge on any atom is 0.00638 e. The van der Waals surface area contributed by atoms with Crippen molar-refractivity contribution in [2.24, 2.45) is 0 Å². The Labute approximate surface area is 51.7 Å². The van der Waals surface area contributed by atoms with Crippen molar-refractivity contribution in [2.45, 2.75) is 32.2 Å². The molecule has 1 fully saturated rings. The first-order valence-electron chi connectivity index (χ1n) is 3.51. The van der Waals surface area contributed by atoms with Gasteiger partial charge < -0.3 is 4.90 Å². The SMILES string of the molecule is C[C@@H]1CCCCN1C. The van der Waals surface area contributed by atoms with Crippen LogP contribution in [0.15, 0.2) is 0 Å². The number of hydrogen-bond acceptors (Lipinski definition) is 1. The molecule has 8 heavy (non-hydrogen) atoms. The molecule has 0 N–H and O–H groups in total. The van der Waals surface area contributed by atoms with Crippen molar-refractivity contribution in [3.8, 4) is 0 Å². The van der Waals surface area contributed by atoms with Crippen molar-refractivity contribution in [3.05, 3.63) is 0 Å². The minimum atomic E-state index is 0.837. The lowest BCUT2D eigenvalue weighted by Gasteiger charge is -2.29. The van der Waals surface area contributed by atoms with Crippen molar-refractivity contribution in [3.63, 3.8) is 0 Å². The van der Waals surface area contributed by atoms with Crippen LogP contribution in [0.5, 0.6) is 0 Å². The summed E-state index contributed by atoms with van der Waals surface area (Å²) >= 11 is 0. The van der Waals surface area contributed by atoms with Gasteiger partial charge in [-0.2, -0.15) is 0 Å². The van der Waals surface area contributed by atoms with Crippen LogP contribution in [0.2, 0.25) is 0 Å². The molecule has 0 saturated carbocycles. The highest BCUT2D eigenvalue weighted by Gasteiger charge is 2.12. The first-order chi connectivity index (χ1) is 3.80. The first kappa shape index (κ1) is 6.09. The molecule has 0 unspecified atom stereocenters. The molecule has 1 saturated heterocycles. The van der Waals surface area contributed by atoms with Gasteiger partial charge in [-0.3, -0.25) is 0 Å². The minimum absolute atomic E-state index is 0.837. The zero-order chi connectivity index (χ0) is 5.98. The van der Waals surface area contributed by atoms with Crippen molar-refractivity contribution in [1.82, 2.24) is 4.90 Å². The summed E-state index contributed by atoms with van der Waals surface area (Å²) in [6.07, 6.45) is 4.24. The van der Waals surface area contributed by atoms with Gasteiger partial charge in [0.1, 0.15) is 0 Å². The molecule has 0 amide bonds. The molecule has 1 heterocycles. The highest BCUT2D eigenvalue weighted by atomic mass is 15.1. The first-order valence-corrected chi connectivity index (χ1v) is 3.51. The van der Waals surface area contributed by atoms with E-state index in [0.717, 1.165) is 6.04 Å². The number of hydrogen-bond donors (Lipinski definition) is 0. The number of piperidine rings is 1. The van der Waals surface area contributed by atoms with E-state index >= 15 is 0 Å². The van der Waals surface area contributed by atoms with Crippen molar-refractivity contribution < 1.29 is 0 Å². The van der Waals surface area contributed by atoms with E-state index in [1.165, 1.54) is 25.8 Å². The van der Waals surface area contributed by atoms with Crippen LogP contribution in [0.1, 0.15) is 26.2 Å². The van der Waals surface area contributed by atoms with Crippen LogP contribution in [0, 0.1) is 0 Å². The molecule has 1 rings (SSSR count). The Morgan fingerprint density at radius 1 is 1.38 bits per heavy atom. The van der Waals surface area contributed by atoms with Gasteiger partial charge in [-0.25, -0.2) is 0 Å². The standard InChI is InChI=1S/C7H15N/c1-7-5-3-4-6-8(7)2/h7H,3-6H2,1-2H3/t7-/m1/s1. The van der Waals surface area contributed by atoms with Crippen LogP contribution in [0.3, 0.4) is 0 Å². The van der Waals surface area contributed by atoms with E-state index < -0.39 is 0 Å². The second-order valence-corrected chi connectivity index (χ2v) is 2.83. The molecule has 1 atom stereocenters. The third-order valence-electron chi connectivity index (χ3n) is 2.14. The topological polar surface area (TPSA) is 3.24 Å². The number of likely N-dealkylation sites (tertiary alicyclic amines) is 1. The van der Waals surface area contributed by atoms with Crippen LogP contribution in [0.25, 0.3) is 0 Å². The van der Waals surface area contributed by atoms with Crippen LogP contribution in [0.4, 0.5) is 0 Å². The lowest BCUT2D eigenvalue weighted by atomic mass is 10.1. The Kier molecular flexibility index (Phi) is 1.90. The normalized spacial score (nSPS) is 33.0. The summed E-state index contributed by atoms with van der Waals surface area (Å²) < 4.78 is 0. The Morgan fingerprint density at radius 2 is 2.12 bits per heavy atom. The molecule has 48 valence electrons. The highest BCUT2D eigenvalue weighted by molar-refractivity contribution is 4.68. The molecule has 0 bridgehead atoms. The van der Waals surface area contributed by atoms with E-state index in [4.69, 9.17) is 0 Å². The predicted molar refractivity (Wildman–Crippen MR) is 35.9 cm³/mol. The van der Waals surface area contributed by atoms with Gasteiger partial charge in [-0.15, -0.1) is 0 Å². The van der Waals surface area contributed by atoms with Crippen LogP contribution in [-0.2, 0) is 0 Å². The number of nitrogens with zero attached hydrogens (tertiary/aromatic N) is 1. The van der Waals surface area contributed by atoms with Gasteiger partial charge in [0.15, 0.2) is 0 Å². The Hall–Kier alpha value is -0.0400. The van der Waals surface area contributed by atoms with Gasteiger partial charge in [-0.1, -0.05) is 6.42 Å². The highest BCUT2D eigenvalue weighted by Crippen LogP contribution is 2.13. The molecule has 0 spiro atoms. The minimum Gasteiger partial charge on any atom is -0.304 e. The molecule has 0 aromatic heterocycles. The average molecular weight is 113 g/mol.